The standard InChI is InChI=1S/C17H21N5O3/c1-3-5-20-6-8-22(9-7-20)17-18-10-12-14(23)13(16(24)25)11-21(4-2)15(12)19-17/h3,10-11H,1,4-9H2,2H3,(H,24,25). The van der Waals surface area contributed by atoms with Gasteiger partial charge in [0, 0.05) is 51.7 Å². The summed E-state index contributed by atoms with van der Waals surface area (Å²) in [6, 6.07) is 0. The number of carboxylic acid groups (broad SMARTS) is 1. The summed E-state index contributed by atoms with van der Waals surface area (Å²) in [6.45, 7) is 10.4. The number of hydrogen-bond donors (Lipinski definition) is 1. The van der Waals surface area contributed by atoms with Crippen LogP contribution in [0.15, 0.2) is 29.8 Å². The summed E-state index contributed by atoms with van der Waals surface area (Å²) in [5.41, 5.74) is -0.339. The van der Waals surface area contributed by atoms with Crippen molar-refractivity contribution in [1.29, 1.82) is 0 Å². The number of aromatic nitrogens is 3. The Morgan fingerprint density at radius 1 is 1.36 bits per heavy atom. The summed E-state index contributed by atoms with van der Waals surface area (Å²) >= 11 is 0. The molecule has 0 unspecified atom stereocenters. The molecule has 0 radical (unpaired) electrons. The maximum Gasteiger partial charge on any atom is 0.341 e. The average Bonchev–Trinajstić information content (AvgIpc) is 2.62. The van der Waals surface area contributed by atoms with Crippen LogP contribution in [0, 0.1) is 0 Å². The molecule has 1 saturated heterocycles. The molecule has 1 aliphatic rings. The molecule has 0 saturated carbocycles. The number of anilines is 1. The fraction of sp³-hybridized carbons (Fsp3) is 0.412. The zero-order valence-electron chi connectivity index (χ0n) is 14.2. The van der Waals surface area contributed by atoms with E-state index in [1.807, 2.05) is 13.0 Å². The van der Waals surface area contributed by atoms with Crippen molar-refractivity contribution in [1.82, 2.24) is 19.4 Å². The van der Waals surface area contributed by atoms with Crippen molar-refractivity contribution in [2.75, 3.05) is 37.6 Å². The van der Waals surface area contributed by atoms with E-state index in [1.165, 1.54) is 12.4 Å². The number of aryl methyl sites for hydroxylation is 1. The van der Waals surface area contributed by atoms with E-state index in [0.717, 1.165) is 32.7 Å². The Morgan fingerprint density at radius 3 is 2.68 bits per heavy atom. The molecule has 25 heavy (non-hydrogen) atoms. The van der Waals surface area contributed by atoms with Gasteiger partial charge in [-0.2, -0.15) is 4.98 Å². The number of hydrogen-bond acceptors (Lipinski definition) is 6. The van der Waals surface area contributed by atoms with Crippen LogP contribution in [0.25, 0.3) is 11.0 Å². The molecule has 0 atom stereocenters. The number of piperazine rings is 1. The molecule has 1 N–H and O–H groups in total. The summed E-state index contributed by atoms with van der Waals surface area (Å²) in [5.74, 6) is -0.674. The molecule has 0 spiro atoms. The molecule has 2 aromatic heterocycles. The molecule has 1 fully saturated rings. The van der Waals surface area contributed by atoms with Gasteiger partial charge < -0.3 is 14.6 Å². The van der Waals surface area contributed by atoms with Gasteiger partial charge in [-0.15, -0.1) is 6.58 Å². The number of carboxylic acids is 1. The minimum Gasteiger partial charge on any atom is -0.477 e. The molecule has 2 aromatic rings. The lowest BCUT2D eigenvalue weighted by Gasteiger charge is -2.34. The minimum absolute atomic E-state index is 0.232. The van der Waals surface area contributed by atoms with E-state index in [0.29, 0.717) is 18.1 Å². The van der Waals surface area contributed by atoms with Crippen LogP contribution in [0.5, 0.6) is 0 Å². The van der Waals surface area contributed by atoms with Gasteiger partial charge in [0.2, 0.25) is 11.4 Å². The fourth-order valence-electron chi connectivity index (χ4n) is 3.02. The molecule has 8 nitrogen and oxygen atoms in total. The molecule has 3 rings (SSSR count). The van der Waals surface area contributed by atoms with Crippen LogP contribution in [-0.4, -0.2) is 63.2 Å². The van der Waals surface area contributed by atoms with Gasteiger partial charge in [-0.05, 0) is 6.92 Å². The van der Waals surface area contributed by atoms with E-state index >= 15 is 0 Å². The second-order valence-electron chi connectivity index (χ2n) is 5.95. The number of pyridine rings is 1. The topological polar surface area (TPSA) is 91.6 Å². The molecule has 0 aromatic carbocycles. The third-order valence-corrected chi connectivity index (χ3v) is 4.42. The van der Waals surface area contributed by atoms with Crippen molar-refractivity contribution in [3.63, 3.8) is 0 Å². The Kier molecular flexibility index (Phi) is 4.80. The fourth-order valence-corrected chi connectivity index (χ4v) is 3.02. The molecule has 132 valence electrons. The summed E-state index contributed by atoms with van der Waals surface area (Å²) in [4.78, 5) is 36.8. The van der Waals surface area contributed by atoms with Crippen LogP contribution in [0.1, 0.15) is 17.3 Å². The van der Waals surface area contributed by atoms with Gasteiger partial charge >= 0.3 is 5.97 Å². The predicted molar refractivity (Wildman–Crippen MR) is 95.3 cm³/mol. The first-order chi connectivity index (χ1) is 12.0. The van der Waals surface area contributed by atoms with Gasteiger partial charge in [0.05, 0.1) is 5.39 Å². The Hall–Kier alpha value is -2.74. The molecular weight excluding hydrogens is 322 g/mol. The second kappa shape index (κ2) is 7.02. The van der Waals surface area contributed by atoms with Crippen LogP contribution in [0.2, 0.25) is 0 Å². The van der Waals surface area contributed by atoms with Crippen molar-refractivity contribution in [3.8, 4) is 0 Å². The van der Waals surface area contributed by atoms with Crippen molar-refractivity contribution in [3.05, 3.63) is 40.8 Å². The average molecular weight is 343 g/mol. The first-order valence-corrected chi connectivity index (χ1v) is 8.26. The third kappa shape index (κ3) is 3.25. The Bertz CT molecular complexity index is 868. The first kappa shape index (κ1) is 17.1. The molecule has 1 aliphatic heterocycles. The third-order valence-electron chi connectivity index (χ3n) is 4.42. The molecule has 0 aliphatic carbocycles. The number of nitrogens with zero attached hydrogens (tertiary/aromatic N) is 5. The molecule has 8 heteroatoms. The predicted octanol–water partition coefficient (Wildman–Crippen LogP) is 0.818. The lowest BCUT2D eigenvalue weighted by molar-refractivity contribution is 0.0695. The van der Waals surface area contributed by atoms with E-state index in [-0.39, 0.29) is 10.9 Å². The summed E-state index contributed by atoms with van der Waals surface area (Å²) < 4.78 is 1.68. The van der Waals surface area contributed by atoms with E-state index in [2.05, 4.69) is 26.3 Å². The highest BCUT2D eigenvalue weighted by Gasteiger charge is 2.20. The van der Waals surface area contributed by atoms with Crippen molar-refractivity contribution in [2.45, 2.75) is 13.5 Å². The van der Waals surface area contributed by atoms with E-state index < -0.39 is 11.4 Å². The van der Waals surface area contributed by atoms with Gasteiger partial charge in [-0.1, -0.05) is 6.08 Å². The number of fused-ring (bicyclic) bond motifs is 1. The molecule has 0 bridgehead atoms. The van der Waals surface area contributed by atoms with Gasteiger partial charge in [0.15, 0.2) is 0 Å². The summed E-state index contributed by atoms with van der Waals surface area (Å²) in [5, 5.41) is 9.43. The van der Waals surface area contributed by atoms with Crippen LogP contribution in [0.3, 0.4) is 0 Å². The smallest absolute Gasteiger partial charge is 0.341 e. The van der Waals surface area contributed by atoms with Gasteiger partial charge in [0.25, 0.3) is 0 Å². The molecular formula is C17H21N5O3. The molecule has 3 heterocycles. The number of rotatable bonds is 5. The van der Waals surface area contributed by atoms with Gasteiger partial charge in [-0.3, -0.25) is 9.69 Å². The maximum atomic E-state index is 12.3. The van der Waals surface area contributed by atoms with Crippen molar-refractivity contribution < 1.29 is 9.90 Å². The highest BCUT2D eigenvalue weighted by molar-refractivity contribution is 5.91. The first-order valence-electron chi connectivity index (χ1n) is 8.26. The summed E-state index contributed by atoms with van der Waals surface area (Å²) in [6.07, 6.45) is 4.68. The van der Waals surface area contributed by atoms with Crippen molar-refractivity contribution >= 4 is 23.0 Å². The Labute approximate surface area is 145 Å². The minimum atomic E-state index is -1.24. The van der Waals surface area contributed by atoms with Crippen molar-refractivity contribution in [2.24, 2.45) is 0 Å². The highest BCUT2D eigenvalue weighted by Crippen LogP contribution is 2.16. The zero-order chi connectivity index (χ0) is 18.0. The SMILES string of the molecule is C=CCN1CCN(c2ncc3c(=O)c(C(=O)O)cn(CC)c3n2)CC1. The van der Waals surface area contributed by atoms with Gasteiger partial charge in [0.1, 0.15) is 11.2 Å². The van der Waals surface area contributed by atoms with Crippen LogP contribution in [-0.2, 0) is 6.54 Å². The Balaban J connectivity index is 1.98. The monoisotopic (exact) mass is 343 g/mol. The molecule has 0 amide bonds. The number of aromatic carboxylic acids is 1. The van der Waals surface area contributed by atoms with Crippen LogP contribution >= 0.6 is 0 Å². The zero-order valence-corrected chi connectivity index (χ0v) is 14.2. The number of carbonyl (C=O) groups is 1. The lowest BCUT2D eigenvalue weighted by atomic mass is 10.2. The van der Waals surface area contributed by atoms with Gasteiger partial charge in [-0.25, -0.2) is 9.78 Å². The normalized spacial score (nSPS) is 15.5. The lowest BCUT2D eigenvalue weighted by Crippen LogP contribution is -2.47. The van der Waals surface area contributed by atoms with E-state index in [1.54, 1.807) is 4.57 Å². The van der Waals surface area contributed by atoms with E-state index in [9.17, 15) is 14.7 Å². The largest absolute Gasteiger partial charge is 0.477 e. The quantitative estimate of drug-likeness (QED) is 0.804. The van der Waals surface area contributed by atoms with E-state index in [4.69, 9.17) is 0 Å². The second-order valence-corrected chi connectivity index (χ2v) is 5.95. The maximum absolute atomic E-state index is 12.3. The Morgan fingerprint density at radius 2 is 2.08 bits per heavy atom. The van der Waals surface area contributed by atoms with Crippen LogP contribution in [0.4, 0.5) is 5.95 Å². The summed E-state index contributed by atoms with van der Waals surface area (Å²) in [7, 11) is 0. The van der Waals surface area contributed by atoms with Crippen LogP contribution < -0.4 is 10.3 Å². The highest BCUT2D eigenvalue weighted by atomic mass is 16.4.